The summed E-state index contributed by atoms with van der Waals surface area (Å²) in [5, 5.41) is 10.8. The number of hydrogen-bond acceptors (Lipinski definition) is 5. The Labute approximate surface area is 101 Å². The number of rotatable bonds is 2. The fraction of sp³-hybridized carbons (Fsp3) is 0.0909. The van der Waals surface area contributed by atoms with Gasteiger partial charge in [0.1, 0.15) is 5.52 Å². The minimum atomic E-state index is -1.57. The van der Waals surface area contributed by atoms with Gasteiger partial charge in [-0.3, -0.25) is 9.78 Å². The molecule has 92 valence electrons. The van der Waals surface area contributed by atoms with Gasteiger partial charge in [-0.2, -0.15) is 0 Å². The van der Waals surface area contributed by atoms with E-state index in [1.54, 1.807) is 12.1 Å². The van der Waals surface area contributed by atoms with Gasteiger partial charge < -0.3 is 15.2 Å². The maximum absolute atomic E-state index is 11.1. The molecular weight excluding hydrogens is 238 g/mol. The normalized spacial score (nSPS) is 10.1. The molecule has 0 unspecified atom stereocenters. The highest BCUT2D eigenvalue weighted by atomic mass is 16.5. The average molecular weight is 247 g/mol. The Hall–Kier alpha value is -2.70. The smallest absolute Gasteiger partial charge is 0.394 e. The van der Waals surface area contributed by atoms with E-state index in [0.29, 0.717) is 16.9 Å². The molecule has 0 spiro atoms. The topological polar surface area (TPSA) is 101 Å². The van der Waals surface area contributed by atoms with Crippen LogP contribution in [-0.4, -0.2) is 34.1 Å². The Bertz CT molecular complexity index is 627. The van der Waals surface area contributed by atoms with Crippen LogP contribution in [0.2, 0.25) is 0 Å². The van der Waals surface area contributed by atoms with Crippen LogP contribution in [0, 0.1) is 0 Å². The van der Waals surface area contributed by atoms with Gasteiger partial charge in [-0.25, -0.2) is 9.78 Å². The van der Waals surface area contributed by atoms with E-state index in [0.717, 1.165) is 0 Å². The van der Waals surface area contributed by atoms with Crippen LogP contribution >= 0.6 is 0 Å². The van der Waals surface area contributed by atoms with Gasteiger partial charge in [0.15, 0.2) is 0 Å². The van der Waals surface area contributed by atoms with Gasteiger partial charge in [-0.15, -0.1) is 0 Å². The predicted octanol–water partition coefficient (Wildman–Crippen LogP) is 0.661. The van der Waals surface area contributed by atoms with Crippen molar-refractivity contribution in [1.29, 1.82) is 0 Å². The van der Waals surface area contributed by atoms with Crippen LogP contribution in [0.5, 0.6) is 5.88 Å². The van der Waals surface area contributed by atoms with Gasteiger partial charge in [0.2, 0.25) is 5.88 Å². The molecular formula is C11H9N3O4. The largest absolute Gasteiger partial charge is 0.481 e. The number of amides is 1. The second-order valence-corrected chi connectivity index (χ2v) is 3.34. The van der Waals surface area contributed by atoms with E-state index in [4.69, 9.17) is 9.84 Å². The lowest BCUT2D eigenvalue weighted by Gasteiger charge is -2.06. The monoisotopic (exact) mass is 247 g/mol. The highest BCUT2D eigenvalue weighted by molar-refractivity contribution is 6.37. The van der Waals surface area contributed by atoms with Gasteiger partial charge in [-0.1, -0.05) is 0 Å². The number of aromatic nitrogens is 2. The van der Waals surface area contributed by atoms with Crippen LogP contribution in [0.4, 0.5) is 5.69 Å². The quantitative estimate of drug-likeness (QED) is 0.756. The van der Waals surface area contributed by atoms with E-state index in [9.17, 15) is 9.59 Å². The van der Waals surface area contributed by atoms with Crippen LogP contribution in [0.25, 0.3) is 11.0 Å². The molecule has 2 N–H and O–H groups in total. The van der Waals surface area contributed by atoms with E-state index in [1.165, 1.54) is 19.4 Å². The summed E-state index contributed by atoms with van der Waals surface area (Å²) < 4.78 is 4.96. The summed E-state index contributed by atoms with van der Waals surface area (Å²) in [4.78, 5) is 29.8. The van der Waals surface area contributed by atoms with Crippen molar-refractivity contribution in [1.82, 2.24) is 9.97 Å². The molecule has 7 nitrogen and oxygen atoms in total. The summed E-state index contributed by atoms with van der Waals surface area (Å²) in [7, 11) is 1.46. The molecule has 0 aliphatic rings. The Morgan fingerprint density at radius 3 is 2.78 bits per heavy atom. The van der Waals surface area contributed by atoms with Gasteiger partial charge in [0, 0.05) is 12.3 Å². The number of carbonyl (C=O) groups excluding carboxylic acids is 1. The minimum absolute atomic E-state index is 0.270. The van der Waals surface area contributed by atoms with E-state index in [2.05, 4.69) is 15.3 Å². The number of anilines is 1. The zero-order valence-electron chi connectivity index (χ0n) is 9.38. The van der Waals surface area contributed by atoms with Gasteiger partial charge in [-0.05, 0) is 12.1 Å². The summed E-state index contributed by atoms with van der Waals surface area (Å²) in [6.07, 6.45) is 1.45. The van der Waals surface area contributed by atoms with Crippen molar-refractivity contribution < 1.29 is 19.4 Å². The lowest BCUT2D eigenvalue weighted by Crippen LogP contribution is -2.22. The second-order valence-electron chi connectivity index (χ2n) is 3.34. The van der Waals surface area contributed by atoms with Crippen molar-refractivity contribution in [2.24, 2.45) is 0 Å². The Balaban J connectivity index is 2.49. The molecule has 0 radical (unpaired) electrons. The second kappa shape index (κ2) is 4.66. The zero-order valence-corrected chi connectivity index (χ0v) is 9.38. The third kappa shape index (κ3) is 2.19. The lowest BCUT2D eigenvalue weighted by molar-refractivity contribution is -0.147. The molecule has 0 saturated heterocycles. The fourth-order valence-corrected chi connectivity index (χ4v) is 1.40. The number of pyridine rings is 2. The highest BCUT2D eigenvalue weighted by Crippen LogP contribution is 2.21. The van der Waals surface area contributed by atoms with Crippen molar-refractivity contribution in [3.8, 4) is 5.88 Å². The first-order valence-corrected chi connectivity index (χ1v) is 4.96. The van der Waals surface area contributed by atoms with Crippen molar-refractivity contribution in [3.63, 3.8) is 0 Å². The average Bonchev–Trinajstić information content (AvgIpc) is 2.38. The maximum atomic E-state index is 11.1. The minimum Gasteiger partial charge on any atom is -0.481 e. The molecule has 0 fully saturated rings. The van der Waals surface area contributed by atoms with Crippen molar-refractivity contribution in [2.45, 2.75) is 0 Å². The summed E-state index contributed by atoms with van der Waals surface area (Å²) >= 11 is 0. The predicted molar refractivity (Wildman–Crippen MR) is 62.4 cm³/mol. The van der Waals surface area contributed by atoms with Crippen molar-refractivity contribution in [3.05, 3.63) is 24.4 Å². The third-order valence-corrected chi connectivity index (χ3v) is 2.21. The lowest BCUT2D eigenvalue weighted by atomic mass is 10.2. The molecule has 7 heteroatoms. The van der Waals surface area contributed by atoms with Crippen LogP contribution in [-0.2, 0) is 9.59 Å². The standard InChI is InChI=1S/C11H9N3O4/c1-18-8-3-2-6-9(14-8)7(4-5-12-6)13-10(15)11(16)17/h2-5H,1H3,(H,16,17)(H,12,13,15). The molecule has 0 aliphatic heterocycles. The molecule has 0 atom stereocenters. The van der Waals surface area contributed by atoms with Gasteiger partial charge in [0.05, 0.1) is 18.3 Å². The summed E-state index contributed by atoms with van der Waals surface area (Å²) in [5.74, 6) is -2.35. The van der Waals surface area contributed by atoms with E-state index in [-0.39, 0.29) is 5.69 Å². The Kier molecular flexibility index (Phi) is 3.05. The van der Waals surface area contributed by atoms with E-state index >= 15 is 0 Å². The molecule has 1 amide bonds. The molecule has 2 aromatic heterocycles. The van der Waals surface area contributed by atoms with Crippen molar-refractivity contribution >= 4 is 28.6 Å². The summed E-state index contributed by atoms with van der Waals surface area (Å²) in [6.45, 7) is 0. The number of carboxylic acids is 1. The molecule has 0 bridgehead atoms. The number of fused-ring (bicyclic) bond motifs is 1. The van der Waals surface area contributed by atoms with Crippen LogP contribution in [0.15, 0.2) is 24.4 Å². The molecule has 2 rings (SSSR count). The number of nitrogens with zero attached hydrogens (tertiary/aromatic N) is 2. The maximum Gasteiger partial charge on any atom is 0.394 e. The van der Waals surface area contributed by atoms with Crippen LogP contribution in [0.3, 0.4) is 0 Å². The number of carboxylic acid groups (broad SMARTS) is 1. The number of hydrogen-bond donors (Lipinski definition) is 2. The Morgan fingerprint density at radius 2 is 2.11 bits per heavy atom. The number of ether oxygens (including phenoxy) is 1. The number of nitrogens with one attached hydrogen (secondary N) is 1. The van der Waals surface area contributed by atoms with Crippen LogP contribution < -0.4 is 10.1 Å². The first-order valence-electron chi connectivity index (χ1n) is 4.96. The SMILES string of the molecule is COc1ccc2nccc(NC(=O)C(=O)O)c2n1. The van der Waals surface area contributed by atoms with Crippen molar-refractivity contribution in [2.75, 3.05) is 12.4 Å². The summed E-state index contributed by atoms with van der Waals surface area (Å²) in [5.41, 5.74) is 1.16. The number of carbonyl (C=O) groups is 2. The van der Waals surface area contributed by atoms with Crippen LogP contribution in [0.1, 0.15) is 0 Å². The first kappa shape index (κ1) is 11.8. The molecule has 2 aromatic rings. The fourth-order valence-electron chi connectivity index (χ4n) is 1.40. The van der Waals surface area contributed by atoms with Gasteiger partial charge in [0.25, 0.3) is 0 Å². The highest BCUT2D eigenvalue weighted by Gasteiger charge is 2.14. The molecule has 0 aliphatic carbocycles. The third-order valence-electron chi connectivity index (χ3n) is 2.21. The number of methoxy groups -OCH3 is 1. The molecule has 18 heavy (non-hydrogen) atoms. The molecule has 0 aromatic carbocycles. The Morgan fingerprint density at radius 1 is 1.33 bits per heavy atom. The van der Waals surface area contributed by atoms with Gasteiger partial charge >= 0.3 is 11.9 Å². The molecule has 0 saturated carbocycles. The zero-order chi connectivity index (χ0) is 13.1. The summed E-state index contributed by atoms with van der Waals surface area (Å²) in [6, 6.07) is 4.76. The molecule has 2 heterocycles. The number of aliphatic carboxylic acids is 1. The van der Waals surface area contributed by atoms with E-state index < -0.39 is 11.9 Å². The van der Waals surface area contributed by atoms with E-state index in [1.807, 2.05) is 0 Å². The first-order chi connectivity index (χ1) is 8.61.